The standard InChI is InChI=1S/C23H17ClF2N2OS/c1-14(15-5-3-2-4-6-15)28-21-10-7-16(24)11-20(21)27-23(28)30-13-22(29)18-9-8-17(25)12-19(18)26/h2-12,14H,13H2,1H3/t14-/m1/s1. The molecule has 0 fully saturated rings. The van der Waals surface area contributed by atoms with E-state index in [9.17, 15) is 13.6 Å². The molecule has 152 valence electrons. The summed E-state index contributed by atoms with van der Waals surface area (Å²) in [5.41, 5.74) is 2.56. The second-order valence-electron chi connectivity index (χ2n) is 6.82. The van der Waals surface area contributed by atoms with Crippen molar-refractivity contribution < 1.29 is 13.6 Å². The Balaban J connectivity index is 1.68. The number of hydrogen-bond donors (Lipinski definition) is 0. The minimum absolute atomic E-state index is 0.0267. The molecule has 0 aliphatic heterocycles. The van der Waals surface area contributed by atoms with Gasteiger partial charge < -0.3 is 4.57 Å². The molecule has 0 radical (unpaired) electrons. The van der Waals surface area contributed by atoms with Gasteiger partial charge in [-0.05, 0) is 42.8 Å². The summed E-state index contributed by atoms with van der Waals surface area (Å²) in [6.07, 6.45) is 0. The third-order valence-corrected chi connectivity index (χ3v) is 6.04. The number of ketones is 1. The van der Waals surface area contributed by atoms with Crippen LogP contribution in [0.3, 0.4) is 0 Å². The molecule has 0 unspecified atom stereocenters. The molecule has 0 N–H and O–H groups in total. The summed E-state index contributed by atoms with van der Waals surface area (Å²) >= 11 is 7.35. The highest BCUT2D eigenvalue weighted by Crippen LogP contribution is 2.32. The smallest absolute Gasteiger partial charge is 0.176 e. The predicted octanol–water partition coefficient (Wildman–Crippen LogP) is 6.55. The van der Waals surface area contributed by atoms with Gasteiger partial charge in [0, 0.05) is 11.1 Å². The third kappa shape index (κ3) is 4.11. The van der Waals surface area contributed by atoms with Crippen LogP contribution >= 0.6 is 23.4 Å². The highest BCUT2D eigenvalue weighted by Gasteiger charge is 2.20. The largest absolute Gasteiger partial charge is 0.312 e. The predicted molar refractivity (Wildman–Crippen MR) is 116 cm³/mol. The van der Waals surface area contributed by atoms with Crippen LogP contribution in [0.1, 0.15) is 28.9 Å². The van der Waals surface area contributed by atoms with Gasteiger partial charge in [0.15, 0.2) is 10.9 Å². The number of thioether (sulfide) groups is 1. The molecule has 4 aromatic rings. The Morgan fingerprint density at radius 3 is 2.60 bits per heavy atom. The molecule has 0 amide bonds. The van der Waals surface area contributed by atoms with E-state index in [4.69, 9.17) is 11.6 Å². The summed E-state index contributed by atoms with van der Waals surface area (Å²) in [6, 6.07) is 18.3. The van der Waals surface area contributed by atoms with Gasteiger partial charge in [-0.15, -0.1) is 0 Å². The number of hydrogen-bond acceptors (Lipinski definition) is 3. The van der Waals surface area contributed by atoms with Crippen molar-refractivity contribution in [2.45, 2.75) is 18.1 Å². The number of imidazole rings is 1. The monoisotopic (exact) mass is 442 g/mol. The topological polar surface area (TPSA) is 34.9 Å². The third-order valence-electron chi connectivity index (χ3n) is 4.85. The van der Waals surface area contributed by atoms with Crippen molar-refractivity contribution in [3.8, 4) is 0 Å². The van der Waals surface area contributed by atoms with E-state index in [1.165, 1.54) is 17.8 Å². The number of aromatic nitrogens is 2. The zero-order valence-corrected chi connectivity index (χ0v) is 17.6. The van der Waals surface area contributed by atoms with Crippen molar-refractivity contribution >= 4 is 40.2 Å². The Labute approximate surface area is 181 Å². The lowest BCUT2D eigenvalue weighted by atomic mass is 10.1. The SMILES string of the molecule is C[C@H](c1ccccc1)n1c(SCC(=O)c2ccc(F)cc2F)nc2cc(Cl)ccc21. The molecule has 30 heavy (non-hydrogen) atoms. The summed E-state index contributed by atoms with van der Waals surface area (Å²) in [4.78, 5) is 17.2. The van der Waals surface area contributed by atoms with Gasteiger partial charge in [-0.3, -0.25) is 4.79 Å². The van der Waals surface area contributed by atoms with Crippen LogP contribution < -0.4 is 0 Å². The quantitative estimate of drug-likeness (QED) is 0.251. The van der Waals surface area contributed by atoms with Crippen molar-refractivity contribution in [3.05, 3.63) is 94.5 Å². The molecule has 3 nitrogen and oxygen atoms in total. The molecule has 7 heteroatoms. The van der Waals surface area contributed by atoms with E-state index < -0.39 is 17.4 Å². The maximum absolute atomic E-state index is 14.0. The van der Waals surface area contributed by atoms with Crippen molar-refractivity contribution in [1.29, 1.82) is 0 Å². The van der Waals surface area contributed by atoms with Gasteiger partial charge in [-0.1, -0.05) is 53.7 Å². The summed E-state index contributed by atoms with van der Waals surface area (Å²) in [7, 11) is 0. The maximum atomic E-state index is 14.0. The first-order valence-electron chi connectivity index (χ1n) is 9.27. The van der Waals surface area contributed by atoms with E-state index in [1.807, 2.05) is 41.0 Å². The lowest BCUT2D eigenvalue weighted by molar-refractivity contribution is 0.101. The summed E-state index contributed by atoms with van der Waals surface area (Å²) < 4.78 is 29.1. The Bertz CT molecular complexity index is 1230. The molecule has 1 atom stereocenters. The van der Waals surface area contributed by atoms with Gasteiger partial charge in [-0.2, -0.15) is 0 Å². The minimum atomic E-state index is -0.862. The molecular weight excluding hydrogens is 426 g/mol. The van der Waals surface area contributed by atoms with E-state index >= 15 is 0 Å². The fraction of sp³-hybridized carbons (Fsp3) is 0.130. The molecule has 0 bridgehead atoms. The van der Waals surface area contributed by atoms with Crippen LogP contribution in [-0.4, -0.2) is 21.1 Å². The molecular formula is C23H17ClF2N2OS. The lowest BCUT2D eigenvalue weighted by Gasteiger charge is -2.18. The lowest BCUT2D eigenvalue weighted by Crippen LogP contribution is -2.10. The van der Waals surface area contributed by atoms with Crippen LogP contribution in [0, 0.1) is 11.6 Å². The first-order chi connectivity index (χ1) is 14.4. The molecule has 3 aromatic carbocycles. The average Bonchev–Trinajstić information content (AvgIpc) is 3.09. The second-order valence-corrected chi connectivity index (χ2v) is 8.20. The number of rotatable bonds is 6. The first kappa shape index (κ1) is 20.6. The van der Waals surface area contributed by atoms with Crippen molar-refractivity contribution in [3.63, 3.8) is 0 Å². The van der Waals surface area contributed by atoms with Crippen LogP contribution in [0.25, 0.3) is 11.0 Å². The Hall–Kier alpha value is -2.70. The van der Waals surface area contributed by atoms with Crippen LogP contribution in [0.5, 0.6) is 0 Å². The van der Waals surface area contributed by atoms with E-state index in [2.05, 4.69) is 11.9 Å². The second kappa shape index (κ2) is 8.58. The van der Waals surface area contributed by atoms with Crippen molar-refractivity contribution in [2.75, 3.05) is 5.75 Å². The van der Waals surface area contributed by atoms with E-state index in [1.54, 1.807) is 12.1 Å². The molecule has 0 saturated heterocycles. The van der Waals surface area contributed by atoms with Crippen molar-refractivity contribution in [1.82, 2.24) is 9.55 Å². The molecule has 4 rings (SSSR count). The van der Waals surface area contributed by atoms with Crippen LogP contribution in [0.4, 0.5) is 8.78 Å². The Kier molecular flexibility index (Phi) is 5.88. The van der Waals surface area contributed by atoms with Crippen LogP contribution in [0.15, 0.2) is 71.9 Å². The Morgan fingerprint density at radius 1 is 1.10 bits per heavy atom. The van der Waals surface area contributed by atoms with Gasteiger partial charge >= 0.3 is 0 Å². The molecule has 0 aliphatic rings. The van der Waals surface area contributed by atoms with Gasteiger partial charge in [0.1, 0.15) is 11.6 Å². The van der Waals surface area contributed by atoms with E-state index in [-0.39, 0.29) is 17.4 Å². The summed E-state index contributed by atoms with van der Waals surface area (Å²) in [5, 5.41) is 1.19. The summed E-state index contributed by atoms with van der Waals surface area (Å²) in [6.45, 7) is 2.05. The average molecular weight is 443 g/mol. The molecule has 0 saturated carbocycles. The van der Waals surface area contributed by atoms with E-state index in [0.29, 0.717) is 21.8 Å². The number of carbonyl (C=O) groups excluding carboxylic acids is 1. The number of Topliss-reactive ketones (excluding diaryl/α,β-unsaturated/α-hetero) is 1. The van der Waals surface area contributed by atoms with Gasteiger partial charge in [0.25, 0.3) is 0 Å². The zero-order valence-electron chi connectivity index (χ0n) is 16.0. The molecule has 0 spiro atoms. The first-order valence-corrected chi connectivity index (χ1v) is 10.6. The molecule has 0 aliphatic carbocycles. The highest BCUT2D eigenvalue weighted by molar-refractivity contribution is 7.99. The highest BCUT2D eigenvalue weighted by atomic mass is 35.5. The fourth-order valence-electron chi connectivity index (χ4n) is 3.33. The fourth-order valence-corrected chi connectivity index (χ4v) is 4.47. The zero-order chi connectivity index (χ0) is 21.3. The normalized spacial score (nSPS) is 12.3. The number of halogens is 3. The van der Waals surface area contributed by atoms with Crippen LogP contribution in [0.2, 0.25) is 5.02 Å². The Morgan fingerprint density at radius 2 is 1.87 bits per heavy atom. The van der Waals surface area contributed by atoms with Gasteiger partial charge in [0.2, 0.25) is 0 Å². The number of benzene rings is 3. The van der Waals surface area contributed by atoms with Gasteiger partial charge in [0.05, 0.1) is 28.4 Å². The van der Waals surface area contributed by atoms with E-state index in [0.717, 1.165) is 17.1 Å². The minimum Gasteiger partial charge on any atom is -0.312 e. The van der Waals surface area contributed by atoms with Gasteiger partial charge in [-0.25, -0.2) is 13.8 Å². The molecule has 1 aromatic heterocycles. The number of carbonyl (C=O) groups is 1. The summed E-state index contributed by atoms with van der Waals surface area (Å²) in [5.74, 6) is -2.03. The number of nitrogens with zero attached hydrogens (tertiary/aromatic N) is 2. The van der Waals surface area contributed by atoms with Crippen molar-refractivity contribution in [2.24, 2.45) is 0 Å². The number of fused-ring (bicyclic) bond motifs is 1. The molecule has 1 heterocycles. The van der Waals surface area contributed by atoms with Crippen LogP contribution in [-0.2, 0) is 0 Å². The maximum Gasteiger partial charge on any atom is 0.176 e.